The molecule has 1 heterocycles. The Labute approximate surface area is 145 Å². The van der Waals surface area contributed by atoms with Gasteiger partial charge >= 0.3 is 5.97 Å². The van der Waals surface area contributed by atoms with E-state index >= 15 is 0 Å². The highest BCUT2D eigenvalue weighted by Crippen LogP contribution is 2.18. The number of carbonyl (C=O) groups excluding carboxylic acids is 2. The van der Waals surface area contributed by atoms with E-state index in [0.29, 0.717) is 19.4 Å². The number of carbonyl (C=O) groups is 3. The molecule has 0 aliphatic carbocycles. The van der Waals surface area contributed by atoms with Gasteiger partial charge in [-0.25, -0.2) is 4.79 Å². The fraction of sp³-hybridized carbons (Fsp3) is 0.471. The molecular formula is C17H23N3O5. The van der Waals surface area contributed by atoms with Gasteiger partial charge in [-0.2, -0.15) is 0 Å². The van der Waals surface area contributed by atoms with Crippen LogP contribution in [0.15, 0.2) is 24.3 Å². The van der Waals surface area contributed by atoms with Gasteiger partial charge < -0.3 is 26.2 Å². The van der Waals surface area contributed by atoms with Crippen molar-refractivity contribution < 1.29 is 24.6 Å². The maximum Gasteiger partial charge on any atom is 0.326 e. The van der Waals surface area contributed by atoms with Crippen molar-refractivity contribution in [1.29, 1.82) is 0 Å². The first-order valence-electron chi connectivity index (χ1n) is 8.16. The summed E-state index contributed by atoms with van der Waals surface area (Å²) in [5.74, 6) is -1.82. The van der Waals surface area contributed by atoms with Crippen molar-refractivity contribution in [3.8, 4) is 5.75 Å². The fourth-order valence-corrected chi connectivity index (χ4v) is 2.90. The number of benzene rings is 1. The van der Waals surface area contributed by atoms with Crippen molar-refractivity contribution in [3.05, 3.63) is 29.8 Å². The van der Waals surface area contributed by atoms with Crippen LogP contribution in [0.4, 0.5) is 0 Å². The van der Waals surface area contributed by atoms with E-state index in [1.807, 2.05) is 0 Å². The number of amides is 2. The van der Waals surface area contributed by atoms with Crippen LogP contribution in [-0.2, 0) is 20.8 Å². The van der Waals surface area contributed by atoms with Gasteiger partial charge in [0.1, 0.15) is 17.8 Å². The second-order valence-corrected chi connectivity index (χ2v) is 6.24. The summed E-state index contributed by atoms with van der Waals surface area (Å²) in [7, 11) is 0. The van der Waals surface area contributed by atoms with Crippen LogP contribution >= 0.6 is 0 Å². The zero-order chi connectivity index (χ0) is 18.6. The SMILES string of the molecule is C[C@H](NC(=O)[C@@H](N)Cc1ccc(O)cc1)C(=O)N1CCC[C@@H]1C(=O)O. The molecule has 1 aromatic rings. The molecule has 3 atom stereocenters. The fourth-order valence-electron chi connectivity index (χ4n) is 2.90. The summed E-state index contributed by atoms with van der Waals surface area (Å²) in [6.07, 6.45) is 1.31. The number of aromatic hydroxyl groups is 1. The Morgan fingerprint density at radius 1 is 1.32 bits per heavy atom. The van der Waals surface area contributed by atoms with Crippen molar-refractivity contribution in [3.63, 3.8) is 0 Å². The molecule has 1 saturated heterocycles. The molecule has 136 valence electrons. The first kappa shape index (κ1) is 18.7. The molecular weight excluding hydrogens is 326 g/mol. The number of phenols is 1. The molecule has 0 bridgehead atoms. The smallest absolute Gasteiger partial charge is 0.326 e. The lowest BCUT2D eigenvalue weighted by Gasteiger charge is -2.26. The minimum absolute atomic E-state index is 0.125. The monoisotopic (exact) mass is 349 g/mol. The maximum atomic E-state index is 12.4. The topological polar surface area (TPSA) is 133 Å². The molecule has 0 spiro atoms. The number of nitrogens with two attached hydrogens (primary N) is 1. The number of rotatable bonds is 6. The molecule has 25 heavy (non-hydrogen) atoms. The second-order valence-electron chi connectivity index (χ2n) is 6.24. The number of carboxylic acid groups (broad SMARTS) is 1. The highest BCUT2D eigenvalue weighted by molar-refractivity contribution is 5.91. The van der Waals surface area contributed by atoms with Crippen LogP contribution in [0.2, 0.25) is 0 Å². The number of hydrogen-bond donors (Lipinski definition) is 4. The van der Waals surface area contributed by atoms with Gasteiger partial charge in [0.05, 0.1) is 6.04 Å². The van der Waals surface area contributed by atoms with Crippen molar-refractivity contribution in [2.75, 3.05) is 6.54 Å². The summed E-state index contributed by atoms with van der Waals surface area (Å²) < 4.78 is 0. The Morgan fingerprint density at radius 2 is 1.96 bits per heavy atom. The van der Waals surface area contributed by atoms with Gasteiger partial charge in [0.25, 0.3) is 0 Å². The molecule has 0 aromatic heterocycles. The highest BCUT2D eigenvalue weighted by atomic mass is 16.4. The van der Waals surface area contributed by atoms with E-state index in [0.717, 1.165) is 5.56 Å². The van der Waals surface area contributed by atoms with E-state index in [1.165, 1.54) is 24.0 Å². The average Bonchev–Trinajstić information content (AvgIpc) is 3.05. The first-order chi connectivity index (χ1) is 11.8. The summed E-state index contributed by atoms with van der Waals surface area (Å²) in [5, 5.41) is 20.9. The van der Waals surface area contributed by atoms with Gasteiger partial charge in [0.15, 0.2) is 0 Å². The van der Waals surface area contributed by atoms with E-state index in [9.17, 15) is 19.5 Å². The Balaban J connectivity index is 1.91. The van der Waals surface area contributed by atoms with Crippen LogP contribution in [-0.4, -0.2) is 57.6 Å². The molecule has 1 fully saturated rings. The molecule has 1 aromatic carbocycles. The van der Waals surface area contributed by atoms with Gasteiger partial charge in [0.2, 0.25) is 11.8 Å². The zero-order valence-corrected chi connectivity index (χ0v) is 14.0. The Hall–Kier alpha value is -2.61. The Morgan fingerprint density at radius 3 is 2.56 bits per heavy atom. The van der Waals surface area contributed by atoms with Crippen LogP contribution in [0, 0.1) is 0 Å². The van der Waals surface area contributed by atoms with Gasteiger partial charge in [0, 0.05) is 6.54 Å². The number of phenolic OH excluding ortho intramolecular Hbond substituents is 1. The predicted octanol–water partition coefficient (Wildman–Crippen LogP) is -0.158. The van der Waals surface area contributed by atoms with E-state index < -0.39 is 35.9 Å². The average molecular weight is 349 g/mol. The third-order valence-corrected chi connectivity index (χ3v) is 4.28. The standard InChI is InChI=1S/C17H23N3O5/c1-10(16(23)20-8-2-3-14(20)17(24)25)19-15(22)13(18)9-11-4-6-12(21)7-5-11/h4-7,10,13-14,21H,2-3,8-9,18H2,1H3,(H,19,22)(H,24,25)/t10-,13-,14+/m0/s1. The largest absolute Gasteiger partial charge is 0.508 e. The minimum Gasteiger partial charge on any atom is -0.508 e. The van der Waals surface area contributed by atoms with E-state index in [1.54, 1.807) is 12.1 Å². The van der Waals surface area contributed by atoms with E-state index in [2.05, 4.69) is 5.32 Å². The lowest BCUT2D eigenvalue weighted by atomic mass is 10.1. The van der Waals surface area contributed by atoms with Crippen molar-refractivity contribution in [1.82, 2.24) is 10.2 Å². The van der Waals surface area contributed by atoms with Crippen LogP contribution in [0.1, 0.15) is 25.3 Å². The lowest BCUT2D eigenvalue weighted by Crippen LogP contribution is -2.53. The number of aliphatic carboxylic acids is 1. The molecule has 0 radical (unpaired) electrons. The number of likely N-dealkylation sites (tertiary alicyclic amines) is 1. The van der Waals surface area contributed by atoms with Crippen molar-refractivity contribution in [2.45, 2.75) is 44.3 Å². The summed E-state index contributed by atoms with van der Waals surface area (Å²) in [6, 6.07) is 3.80. The van der Waals surface area contributed by atoms with Crippen molar-refractivity contribution in [2.24, 2.45) is 5.73 Å². The Bertz CT molecular complexity index is 646. The molecule has 1 aliphatic heterocycles. The van der Waals surface area contributed by atoms with E-state index in [-0.39, 0.29) is 12.2 Å². The Kier molecular flexibility index (Phi) is 5.97. The number of carboxylic acids is 1. The molecule has 1 aliphatic rings. The summed E-state index contributed by atoms with van der Waals surface area (Å²) in [6.45, 7) is 1.89. The van der Waals surface area contributed by atoms with Crippen LogP contribution in [0.3, 0.4) is 0 Å². The van der Waals surface area contributed by atoms with Gasteiger partial charge in [-0.05, 0) is 43.9 Å². The van der Waals surface area contributed by atoms with Crippen LogP contribution < -0.4 is 11.1 Å². The summed E-state index contributed by atoms with van der Waals surface area (Å²) >= 11 is 0. The lowest BCUT2D eigenvalue weighted by molar-refractivity contribution is -0.149. The number of nitrogens with zero attached hydrogens (tertiary/aromatic N) is 1. The molecule has 2 amide bonds. The molecule has 8 nitrogen and oxygen atoms in total. The predicted molar refractivity (Wildman–Crippen MR) is 89.8 cm³/mol. The third-order valence-electron chi connectivity index (χ3n) is 4.28. The molecule has 0 saturated carbocycles. The zero-order valence-electron chi connectivity index (χ0n) is 14.0. The molecule has 5 N–H and O–H groups in total. The number of nitrogens with one attached hydrogen (secondary N) is 1. The minimum atomic E-state index is -1.03. The second kappa shape index (κ2) is 7.98. The molecule has 0 unspecified atom stereocenters. The normalized spacial score (nSPS) is 19.3. The third kappa shape index (κ3) is 4.69. The summed E-state index contributed by atoms with van der Waals surface area (Å²) in [4.78, 5) is 37.0. The van der Waals surface area contributed by atoms with Gasteiger partial charge in [-0.15, -0.1) is 0 Å². The quantitative estimate of drug-likeness (QED) is 0.564. The van der Waals surface area contributed by atoms with Crippen molar-refractivity contribution >= 4 is 17.8 Å². The van der Waals surface area contributed by atoms with Crippen LogP contribution in [0.25, 0.3) is 0 Å². The highest BCUT2D eigenvalue weighted by Gasteiger charge is 2.36. The van der Waals surface area contributed by atoms with E-state index in [4.69, 9.17) is 10.8 Å². The first-order valence-corrected chi connectivity index (χ1v) is 8.16. The molecule has 2 rings (SSSR count). The van der Waals surface area contributed by atoms with Gasteiger partial charge in [-0.3, -0.25) is 9.59 Å². The number of hydrogen-bond acceptors (Lipinski definition) is 5. The van der Waals surface area contributed by atoms with Gasteiger partial charge in [-0.1, -0.05) is 12.1 Å². The summed E-state index contributed by atoms with van der Waals surface area (Å²) in [5.41, 5.74) is 6.65. The molecule has 8 heteroatoms. The van der Waals surface area contributed by atoms with Crippen LogP contribution in [0.5, 0.6) is 5.75 Å². The maximum absolute atomic E-state index is 12.4.